The summed E-state index contributed by atoms with van der Waals surface area (Å²) in [5, 5.41) is 3.14. The molecule has 0 bridgehead atoms. The van der Waals surface area contributed by atoms with Gasteiger partial charge in [-0.25, -0.2) is 14.8 Å². The minimum Gasteiger partial charge on any atom is -0.458 e. The van der Waals surface area contributed by atoms with Gasteiger partial charge in [0.05, 0.1) is 0 Å². The lowest BCUT2D eigenvalue weighted by atomic mass is 10.0. The second-order valence-electron chi connectivity index (χ2n) is 6.50. The Balaban J connectivity index is 2.20. The fraction of sp³-hybridized carbons (Fsp3) is 0.500. The van der Waals surface area contributed by atoms with Crippen molar-refractivity contribution in [1.29, 1.82) is 0 Å². The first-order valence-electron chi connectivity index (χ1n) is 7.33. The number of aromatic nitrogens is 3. The zero-order valence-corrected chi connectivity index (χ0v) is 13.6. The number of esters is 1. The molecule has 0 radical (unpaired) electrons. The normalized spacial score (nSPS) is 13.2. The van der Waals surface area contributed by atoms with E-state index in [1.807, 2.05) is 40.7 Å². The van der Waals surface area contributed by atoms with Gasteiger partial charge in [0.25, 0.3) is 0 Å². The van der Waals surface area contributed by atoms with Crippen molar-refractivity contribution in [1.82, 2.24) is 15.0 Å². The molecule has 0 saturated carbocycles. The molecule has 2 aromatic rings. The van der Waals surface area contributed by atoms with Gasteiger partial charge in [0.15, 0.2) is 5.65 Å². The maximum absolute atomic E-state index is 12.3. The minimum absolute atomic E-state index is 0.0641. The molecule has 6 heteroatoms. The third kappa shape index (κ3) is 4.13. The van der Waals surface area contributed by atoms with E-state index >= 15 is 0 Å². The zero-order valence-electron chi connectivity index (χ0n) is 13.6. The molecule has 6 nitrogen and oxygen atoms in total. The van der Waals surface area contributed by atoms with Crippen LogP contribution in [0.25, 0.3) is 11.2 Å². The molecule has 1 N–H and O–H groups in total. The molecule has 2 rings (SSSR count). The Morgan fingerprint density at radius 2 is 1.86 bits per heavy atom. The number of nitrogens with zero attached hydrogens (tertiary/aromatic N) is 3. The monoisotopic (exact) mass is 302 g/mol. The van der Waals surface area contributed by atoms with Crippen LogP contribution in [0.3, 0.4) is 0 Å². The van der Waals surface area contributed by atoms with Gasteiger partial charge in [-0.15, -0.1) is 0 Å². The van der Waals surface area contributed by atoms with E-state index in [9.17, 15) is 4.79 Å². The van der Waals surface area contributed by atoms with Gasteiger partial charge in [-0.2, -0.15) is 0 Å². The van der Waals surface area contributed by atoms with Crippen LogP contribution in [-0.4, -0.2) is 32.6 Å². The van der Waals surface area contributed by atoms with E-state index in [4.69, 9.17) is 4.74 Å². The molecule has 0 aliphatic heterocycles. The molecule has 0 amide bonds. The lowest BCUT2D eigenvalue weighted by Gasteiger charge is -2.26. The molecule has 0 aromatic carbocycles. The first kappa shape index (κ1) is 16.1. The first-order valence-corrected chi connectivity index (χ1v) is 7.33. The van der Waals surface area contributed by atoms with E-state index in [0.29, 0.717) is 17.0 Å². The summed E-state index contributed by atoms with van der Waals surface area (Å²) in [6.07, 6.45) is 3.21. The number of rotatable bonds is 4. The third-order valence-corrected chi connectivity index (χ3v) is 2.96. The highest BCUT2D eigenvalue weighted by atomic mass is 16.6. The first-order chi connectivity index (χ1) is 10.3. The Morgan fingerprint density at radius 1 is 1.18 bits per heavy atom. The highest BCUT2D eigenvalue weighted by Gasteiger charge is 2.28. The van der Waals surface area contributed by atoms with Crippen LogP contribution < -0.4 is 5.32 Å². The van der Waals surface area contributed by atoms with Crippen LogP contribution in [0, 0.1) is 5.92 Å². The Kier molecular flexibility index (Phi) is 4.59. The molecule has 1 atom stereocenters. The average molecular weight is 302 g/mol. The van der Waals surface area contributed by atoms with E-state index in [1.165, 1.54) is 0 Å². The van der Waals surface area contributed by atoms with Crippen LogP contribution in [-0.2, 0) is 9.53 Å². The van der Waals surface area contributed by atoms with Crippen molar-refractivity contribution in [3.63, 3.8) is 0 Å². The van der Waals surface area contributed by atoms with Crippen molar-refractivity contribution < 1.29 is 9.53 Å². The maximum Gasteiger partial charge on any atom is 0.329 e. The summed E-state index contributed by atoms with van der Waals surface area (Å²) in [4.78, 5) is 25.1. The second kappa shape index (κ2) is 6.25. The summed E-state index contributed by atoms with van der Waals surface area (Å²) in [5.74, 6) is 0.357. The largest absolute Gasteiger partial charge is 0.458 e. The smallest absolute Gasteiger partial charge is 0.329 e. The van der Waals surface area contributed by atoms with Crippen LogP contribution in [0.1, 0.15) is 34.6 Å². The van der Waals surface area contributed by atoms with Gasteiger partial charge in [0, 0.05) is 12.4 Å². The van der Waals surface area contributed by atoms with Gasteiger partial charge < -0.3 is 10.1 Å². The van der Waals surface area contributed by atoms with Crippen molar-refractivity contribution in [3.8, 4) is 0 Å². The van der Waals surface area contributed by atoms with E-state index in [1.54, 1.807) is 18.5 Å². The fourth-order valence-corrected chi connectivity index (χ4v) is 1.96. The Hall–Kier alpha value is -2.24. The minimum atomic E-state index is -0.520. The van der Waals surface area contributed by atoms with E-state index < -0.39 is 11.6 Å². The fourth-order valence-electron chi connectivity index (χ4n) is 1.96. The number of hydrogen-bond acceptors (Lipinski definition) is 6. The summed E-state index contributed by atoms with van der Waals surface area (Å²) in [6.45, 7) is 9.48. The quantitative estimate of drug-likeness (QED) is 0.875. The lowest BCUT2D eigenvalue weighted by molar-refractivity contribution is -0.156. The van der Waals surface area contributed by atoms with E-state index in [2.05, 4.69) is 20.3 Å². The molecule has 22 heavy (non-hydrogen) atoms. The number of anilines is 1. The van der Waals surface area contributed by atoms with Gasteiger partial charge in [-0.05, 0) is 38.8 Å². The van der Waals surface area contributed by atoms with Gasteiger partial charge in [0.1, 0.15) is 23.0 Å². The number of carbonyl (C=O) groups is 1. The van der Waals surface area contributed by atoms with Gasteiger partial charge >= 0.3 is 5.97 Å². The number of pyridine rings is 1. The van der Waals surface area contributed by atoms with Crippen molar-refractivity contribution >= 4 is 23.0 Å². The third-order valence-electron chi connectivity index (χ3n) is 2.96. The SMILES string of the molecule is CC(C)[C@@H](Nc1ccc2nccnc2n1)C(=O)OC(C)(C)C. The number of fused-ring (bicyclic) bond motifs is 1. The van der Waals surface area contributed by atoms with Crippen molar-refractivity contribution in [2.75, 3.05) is 5.32 Å². The molecule has 2 aromatic heterocycles. The summed E-state index contributed by atoms with van der Waals surface area (Å²) in [6, 6.07) is 3.14. The summed E-state index contributed by atoms with van der Waals surface area (Å²) in [5.41, 5.74) is 0.736. The Bertz CT molecular complexity index is 664. The molecule has 118 valence electrons. The van der Waals surface area contributed by atoms with Gasteiger partial charge in [-0.3, -0.25) is 4.98 Å². The molecule has 2 heterocycles. The van der Waals surface area contributed by atoms with Gasteiger partial charge in [-0.1, -0.05) is 13.8 Å². The topological polar surface area (TPSA) is 77.0 Å². The Labute approximate surface area is 130 Å². The van der Waals surface area contributed by atoms with Gasteiger partial charge in [0.2, 0.25) is 0 Å². The summed E-state index contributed by atoms with van der Waals surface area (Å²) >= 11 is 0. The second-order valence-corrected chi connectivity index (χ2v) is 6.50. The van der Waals surface area contributed by atoms with Crippen LogP contribution in [0.5, 0.6) is 0 Å². The van der Waals surface area contributed by atoms with E-state index in [-0.39, 0.29) is 11.9 Å². The zero-order chi connectivity index (χ0) is 16.3. The standard InChI is InChI=1S/C16H22N4O2/c1-10(2)13(15(21)22-16(3,4)5)19-12-7-6-11-14(20-12)18-9-8-17-11/h6-10,13H,1-5H3,(H,18,19,20)/t13-/m1/s1. The highest BCUT2D eigenvalue weighted by Crippen LogP contribution is 2.17. The molecular weight excluding hydrogens is 280 g/mol. The van der Waals surface area contributed by atoms with E-state index in [0.717, 1.165) is 0 Å². The Morgan fingerprint density at radius 3 is 2.50 bits per heavy atom. The molecule has 0 aliphatic rings. The molecule has 0 fully saturated rings. The molecular formula is C16H22N4O2. The summed E-state index contributed by atoms with van der Waals surface area (Å²) < 4.78 is 5.46. The number of nitrogens with one attached hydrogen (secondary N) is 1. The average Bonchev–Trinajstić information content (AvgIpc) is 2.42. The molecule has 0 spiro atoms. The predicted octanol–water partition coefficient (Wildman–Crippen LogP) is 2.80. The molecule has 0 saturated heterocycles. The molecule has 0 unspecified atom stereocenters. The maximum atomic E-state index is 12.3. The summed E-state index contributed by atoms with van der Waals surface area (Å²) in [7, 11) is 0. The van der Waals surface area contributed by atoms with Crippen LogP contribution in [0.15, 0.2) is 24.5 Å². The van der Waals surface area contributed by atoms with Crippen LogP contribution in [0.4, 0.5) is 5.82 Å². The number of hydrogen-bond donors (Lipinski definition) is 1. The predicted molar refractivity (Wildman–Crippen MR) is 85.4 cm³/mol. The number of ether oxygens (including phenoxy) is 1. The lowest BCUT2D eigenvalue weighted by Crippen LogP contribution is -2.40. The highest BCUT2D eigenvalue weighted by molar-refractivity contribution is 5.80. The van der Waals surface area contributed by atoms with Crippen molar-refractivity contribution in [2.24, 2.45) is 5.92 Å². The number of carbonyl (C=O) groups excluding carboxylic acids is 1. The van der Waals surface area contributed by atoms with Crippen molar-refractivity contribution in [2.45, 2.75) is 46.3 Å². The van der Waals surface area contributed by atoms with Crippen molar-refractivity contribution in [3.05, 3.63) is 24.5 Å². The molecule has 0 aliphatic carbocycles. The van der Waals surface area contributed by atoms with Crippen LogP contribution >= 0.6 is 0 Å². The van der Waals surface area contributed by atoms with Crippen LogP contribution in [0.2, 0.25) is 0 Å².